The van der Waals surface area contributed by atoms with Crippen molar-refractivity contribution in [3.8, 4) is 0 Å². The summed E-state index contributed by atoms with van der Waals surface area (Å²) in [7, 11) is -4.89. The predicted octanol–water partition coefficient (Wildman–Crippen LogP) is 0.855. The van der Waals surface area contributed by atoms with E-state index in [-0.39, 0.29) is 30.1 Å². The lowest BCUT2D eigenvalue weighted by atomic mass is 10.1. The number of amides is 1. The van der Waals surface area contributed by atoms with Crippen LogP contribution in [0.2, 0.25) is 0 Å². The minimum absolute atomic E-state index is 0.0463. The summed E-state index contributed by atoms with van der Waals surface area (Å²) in [5.41, 5.74) is 1.94. The molecule has 9 nitrogen and oxygen atoms in total. The number of cyclic esters (lactones) is 1. The fraction of sp³-hybridized carbons (Fsp3) is 0.300. The first kappa shape index (κ1) is 15.0. The number of non-ortho nitro benzene ring substituents is 1. The van der Waals surface area contributed by atoms with Crippen molar-refractivity contribution in [3.63, 3.8) is 0 Å². The second-order valence-corrected chi connectivity index (χ2v) is 5.52. The molecule has 21 heavy (non-hydrogen) atoms. The van der Waals surface area contributed by atoms with Crippen LogP contribution >= 0.6 is 0 Å². The van der Waals surface area contributed by atoms with Crippen LogP contribution in [-0.4, -0.2) is 32.6 Å². The van der Waals surface area contributed by atoms with Crippen molar-refractivity contribution in [1.29, 1.82) is 0 Å². The molecule has 1 heterocycles. The molecular weight excluding hydrogens is 309 g/mol. The number of hydrazine groups is 1. The lowest BCUT2D eigenvalue weighted by Crippen LogP contribution is -2.49. The van der Waals surface area contributed by atoms with Crippen LogP contribution in [0.1, 0.15) is 5.56 Å². The van der Waals surface area contributed by atoms with Crippen molar-refractivity contribution in [2.75, 3.05) is 18.2 Å². The smallest absolute Gasteiger partial charge is 0.426 e. The molecule has 2 rings (SSSR count). The first-order valence-electron chi connectivity index (χ1n) is 5.67. The quantitative estimate of drug-likeness (QED) is 0.496. The van der Waals surface area contributed by atoms with Gasteiger partial charge in [-0.2, -0.15) is 8.42 Å². The Hall–Kier alpha value is -2.43. The molecule has 0 saturated carbocycles. The van der Waals surface area contributed by atoms with E-state index in [4.69, 9.17) is 0 Å². The Morgan fingerprint density at radius 3 is 2.76 bits per heavy atom. The monoisotopic (exact) mass is 319 g/mol. The average molecular weight is 319 g/mol. The van der Waals surface area contributed by atoms with Crippen molar-refractivity contribution in [1.82, 2.24) is 5.43 Å². The molecule has 1 aliphatic heterocycles. The van der Waals surface area contributed by atoms with E-state index in [1.165, 1.54) is 11.1 Å². The number of hydrogen-bond acceptors (Lipinski definition) is 7. The highest BCUT2D eigenvalue weighted by atomic mass is 32.3. The number of nitro benzene ring substituents is 1. The highest BCUT2D eigenvalue weighted by molar-refractivity contribution is 7.85. The van der Waals surface area contributed by atoms with Gasteiger partial charge in [0.2, 0.25) is 0 Å². The molecule has 1 aliphatic rings. The highest BCUT2D eigenvalue weighted by Gasteiger charge is 2.24. The van der Waals surface area contributed by atoms with Crippen LogP contribution in [0.15, 0.2) is 18.2 Å². The number of anilines is 1. The zero-order valence-electron chi connectivity index (χ0n) is 10.5. The Balaban J connectivity index is 2.43. The molecule has 0 atom stereocenters. The summed E-state index contributed by atoms with van der Waals surface area (Å²) in [6, 6.07) is 3.32. The largest absolute Gasteiger partial charge is 0.446 e. The maximum atomic E-state index is 12.9. The van der Waals surface area contributed by atoms with Gasteiger partial charge in [0, 0.05) is 17.7 Å². The van der Waals surface area contributed by atoms with Crippen LogP contribution in [0.4, 0.5) is 20.1 Å². The van der Waals surface area contributed by atoms with Crippen LogP contribution in [0, 0.1) is 10.1 Å². The summed E-state index contributed by atoms with van der Waals surface area (Å²) in [6.45, 7) is 0.230. The topological polar surface area (TPSA) is 119 Å². The second-order valence-electron chi connectivity index (χ2n) is 4.15. The van der Waals surface area contributed by atoms with E-state index in [2.05, 4.69) is 10.2 Å². The van der Waals surface area contributed by atoms with Crippen LogP contribution in [-0.2, 0) is 20.7 Å². The first-order valence-corrected chi connectivity index (χ1v) is 7.22. The number of nitrogens with one attached hydrogen (secondary N) is 1. The number of carbonyl (C=O) groups excluding carboxylic acids is 1. The molecule has 1 fully saturated rings. The maximum Gasteiger partial charge on any atom is 0.426 e. The second kappa shape index (κ2) is 5.52. The third kappa shape index (κ3) is 3.78. The van der Waals surface area contributed by atoms with E-state index in [0.717, 1.165) is 12.1 Å². The molecule has 1 amide bonds. The fourth-order valence-electron chi connectivity index (χ4n) is 1.86. The van der Waals surface area contributed by atoms with Crippen LogP contribution < -0.4 is 10.4 Å². The van der Waals surface area contributed by atoms with E-state index in [1.54, 1.807) is 0 Å². The zero-order chi connectivity index (χ0) is 15.6. The molecule has 0 unspecified atom stereocenters. The maximum absolute atomic E-state index is 12.9. The standard InChI is InChI=1S/C10H10FN3O6S/c11-21(18,19)6-7-5-8(14(16)17)1-2-9(7)13-3-4-20-10(15)12-13/h1-2,5H,3-4,6H2,(H,12,15). The van der Waals surface area contributed by atoms with Crippen LogP contribution in [0.3, 0.4) is 0 Å². The van der Waals surface area contributed by atoms with Gasteiger partial charge < -0.3 is 4.74 Å². The Morgan fingerprint density at radius 1 is 1.48 bits per heavy atom. The number of rotatable bonds is 4. The van der Waals surface area contributed by atoms with Crippen LogP contribution in [0.5, 0.6) is 0 Å². The summed E-state index contributed by atoms with van der Waals surface area (Å²) in [5.74, 6) is -1.03. The predicted molar refractivity (Wildman–Crippen MR) is 68.7 cm³/mol. The van der Waals surface area contributed by atoms with Gasteiger partial charge in [0.05, 0.1) is 17.2 Å². The molecule has 1 N–H and O–H groups in total. The molecule has 1 saturated heterocycles. The molecule has 0 radical (unpaired) electrons. The number of benzene rings is 1. The van der Waals surface area contributed by atoms with Gasteiger partial charge in [0.1, 0.15) is 12.4 Å². The van der Waals surface area contributed by atoms with Gasteiger partial charge in [-0.3, -0.25) is 15.1 Å². The summed E-state index contributed by atoms with van der Waals surface area (Å²) < 4.78 is 39.2. The van der Waals surface area contributed by atoms with Crippen molar-refractivity contribution in [2.24, 2.45) is 0 Å². The van der Waals surface area contributed by atoms with E-state index < -0.39 is 27.0 Å². The van der Waals surface area contributed by atoms with Gasteiger partial charge in [-0.1, -0.05) is 0 Å². The Kier molecular flexibility index (Phi) is 3.93. The number of halogens is 1. The van der Waals surface area contributed by atoms with Crippen molar-refractivity contribution < 1.29 is 26.8 Å². The molecule has 1 aromatic carbocycles. The summed E-state index contributed by atoms with van der Waals surface area (Å²) >= 11 is 0. The average Bonchev–Trinajstić information content (AvgIpc) is 2.36. The molecule has 114 valence electrons. The Labute approximate surface area is 118 Å². The van der Waals surface area contributed by atoms with Gasteiger partial charge in [-0.05, 0) is 6.07 Å². The van der Waals surface area contributed by atoms with Gasteiger partial charge in [0.25, 0.3) is 5.69 Å². The number of nitro groups is 1. The molecule has 1 aromatic rings. The molecule has 0 bridgehead atoms. The normalized spacial score (nSPS) is 15.3. The summed E-state index contributed by atoms with van der Waals surface area (Å²) in [4.78, 5) is 21.1. The number of hydrogen-bond donors (Lipinski definition) is 1. The Bertz CT molecular complexity index is 692. The minimum atomic E-state index is -4.89. The highest BCUT2D eigenvalue weighted by Crippen LogP contribution is 2.27. The molecule has 0 aliphatic carbocycles. The number of ether oxygens (including phenoxy) is 1. The van der Waals surface area contributed by atoms with E-state index in [0.29, 0.717) is 0 Å². The molecular formula is C10H10FN3O6S. The first-order chi connectivity index (χ1) is 9.76. The number of nitrogens with zero attached hydrogens (tertiary/aromatic N) is 2. The van der Waals surface area contributed by atoms with E-state index in [1.807, 2.05) is 0 Å². The third-order valence-corrected chi connectivity index (χ3v) is 3.32. The van der Waals surface area contributed by atoms with Crippen LogP contribution in [0.25, 0.3) is 0 Å². The Morgan fingerprint density at radius 2 is 2.19 bits per heavy atom. The third-order valence-electron chi connectivity index (χ3n) is 2.67. The SMILES string of the molecule is O=C1NN(c2ccc([N+](=O)[O-])cc2CS(=O)(=O)F)CCO1. The van der Waals surface area contributed by atoms with Gasteiger partial charge >= 0.3 is 16.3 Å². The lowest BCUT2D eigenvalue weighted by molar-refractivity contribution is -0.384. The number of carbonyl (C=O) groups is 1. The van der Waals surface area contributed by atoms with Gasteiger partial charge in [0.15, 0.2) is 0 Å². The van der Waals surface area contributed by atoms with E-state index >= 15 is 0 Å². The van der Waals surface area contributed by atoms with Crippen molar-refractivity contribution in [2.45, 2.75) is 5.75 Å². The molecule has 0 aromatic heterocycles. The summed E-state index contributed by atoms with van der Waals surface area (Å²) in [5, 5.41) is 12.0. The van der Waals surface area contributed by atoms with Gasteiger partial charge in [-0.25, -0.2) is 10.2 Å². The lowest BCUT2D eigenvalue weighted by Gasteiger charge is -2.30. The summed E-state index contributed by atoms with van der Waals surface area (Å²) in [6.07, 6.45) is -0.756. The van der Waals surface area contributed by atoms with Crippen molar-refractivity contribution in [3.05, 3.63) is 33.9 Å². The molecule has 11 heteroatoms. The van der Waals surface area contributed by atoms with Crippen molar-refractivity contribution >= 4 is 27.7 Å². The molecule has 0 spiro atoms. The fourth-order valence-corrected chi connectivity index (χ4v) is 2.46. The zero-order valence-corrected chi connectivity index (χ0v) is 11.3. The van der Waals surface area contributed by atoms with Gasteiger partial charge in [-0.15, -0.1) is 3.89 Å². The minimum Gasteiger partial charge on any atom is -0.446 e. The van der Waals surface area contributed by atoms with E-state index in [9.17, 15) is 27.2 Å².